The molecule has 28 heavy (non-hydrogen) atoms. The Morgan fingerprint density at radius 1 is 1.07 bits per heavy atom. The van der Waals surface area contributed by atoms with Crippen molar-refractivity contribution in [1.29, 1.82) is 0 Å². The predicted octanol–water partition coefficient (Wildman–Crippen LogP) is 5.57. The van der Waals surface area contributed by atoms with Crippen molar-refractivity contribution >= 4 is 12.2 Å². The van der Waals surface area contributed by atoms with Crippen LogP contribution in [0.25, 0.3) is 12.2 Å². The van der Waals surface area contributed by atoms with E-state index < -0.39 is 0 Å². The zero-order valence-corrected chi connectivity index (χ0v) is 16.6. The Balaban J connectivity index is 1.59. The van der Waals surface area contributed by atoms with E-state index in [1.807, 2.05) is 37.3 Å². The molecule has 1 aromatic carbocycles. The Bertz CT molecular complexity index is 950. The Morgan fingerprint density at radius 2 is 1.89 bits per heavy atom. The molecule has 0 atom stereocenters. The second kappa shape index (κ2) is 8.42. The molecular formula is C24H26N2O2. The quantitative estimate of drug-likeness (QED) is 0.566. The van der Waals surface area contributed by atoms with Crippen LogP contribution in [0.5, 0.6) is 5.88 Å². The molecule has 4 heteroatoms. The third-order valence-electron chi connectivity index (χ3n) is 5.18. The van der Waals surface area contributed by atoms with Gasteiger partial charge in [-0.25, -0.2) is 9.97 Å². The molecule has 3 aromatic rings. The monoisotopic (exact) mass is 374 g/mol. The van der Waals surface area contributed by atoms with Crippen LogP contribution in [-0.2, 0) is 25.9 Å². The van der Waals surface area contributed by atoms with E-state index in [2.05, 4.69) is 30.1 Å². The lowest BCUT2D eigenvalue weighted by Crippen LogP contribution is -2.02. The van der Waals surface area contributed by atoms with Gasteiger partial charge in [0, 0.05) is 23.8 Å². The zero-order valence-electron chi connectivity index (χ0n) is 16.6. The fourth-order valence-electron chi connectivity index (χ4n) is 3.57. The van der Waals surface area contributed by atoms with E-state index in [1.54, 1.807) is 0 Å². The highest BCUT2D eigenvalue weighted by molar-refractivity contribution is 5.69. The normalized spacial score (nSPS) is 13.6. The average Bonchev–Trinajstić information content (AvgIpc) is 3.15. The van der Waals surface area contributed by atoms with Crippen molar-refractivity contribution in [2.24, 2.45) is 0 Å². The number of nitrogens with zero attached hydrogens (tertiary/aromatic N) is 2. The van der Waals surface area contributed by atoms with Gasteiger partial charge in [0.15, 0.2) is 0 Å². The number of aryl methyl sites for hydroxylation is 4. The molecule has 2 heterocycles. The molecule has 0 N–H and O–H groups in total. The molecule has 0 aliphatic heterocycles. The van der Waals surface area contributed by atoms with Gasteiger partial charge in [0.25, 0.3) is 0 Å². The van der Waals surface area contributed by atoms with Crippen molar-refractivity contribution in [3.63, 3.8) is 0 Å². The number of benzene rings is 1. The van der Waals surface area contributed by atoms with Crippen molar-refractivity contribution in [2.75, 3.05) is 0 Å². The number of hydrogen-bond acceptors (Lipinski definition) is 4. The van der Waals surface area contributed by atoms with Gasteiger partial charge in [0.05, 0.1) is 5.69 Å². The van der Waals surface area contributed by atoms with Crippen molar-refractivity contribution < 1.29 is 9.15 Å². The molecule has 0 radical (unpaired) electrons. The van der Waals surface area contributed by atoms with Crippen LogP contribution >= 0.6 is 0 Å². The summed E-state index contributed by atoms with van der Waals surface area (Å²) in [6.07, 6.45) is 9.26. The van der Waals surface area contributed by atoms with Gasteiger partial charge in [-0.2, -0.15) is 0 Å². The summed E-state index contributed by atoms with van der Waals surface area (Å²) in [6, 6.07) is 12.3. The van der Waals surface area contributed by atoms with Crippen LogP contribution in [0.1, 0.15) is 59.5 Å². The molecule has 0 fully saturated rings. The molecule has 0 unspecified atom stereocenters. The van der Waals surface area contributed by atoms with Gasteiger partial charge in [-0.3, -0.25) is 0 Å². The molecule has 0 spiro atoms. The van der Waals surface area contributed by atoms with Crippen LogP contribution < -0.4 is 4.74 Å². The van der Waals surface area contributed by atoms with E-state index in [0.717, 1.165) is 47.5 Å². The third kappa shape index (κ3) is 4.16. The first-order valence-electron chi connectivity index (χ1n) is 10.1. The van der Waals surface area contributed by atoms with Gasteiger partial charge in [-0.05, 0) is 55.9 Å². The smallest absolute Gasteiger partial charge is 0.221 e. The van der Waals surface area contributed by atoms with Gasteiger partial charge < -0.3 is 9.15 Å². The topological polar surface area (TPSA) is 48.2 Å². The van der Waals surface area contributed by atoms with Crippen LogP contribution in [0.3, 0.4) is 0 Å². The van der Waals surface area contributed by atoms with Crippen LogP contribution in [-0.4, -0.2) is 9.97 Å². The number of rotatable bonds is 6. The third-order valence-corrected chi connectivity index (χ3v) is 5.18. The zero-order chi connectivity index (χ0) is 19.3. The standard InChI is InChI=1S/C24H26N2O2/c1-3-19-15-20(13-14-23-26-21-11-7-8-12-22(21)28-23)24(25-17(19)2)27-16-18-9-5-4-6-10-18/h4-6,9-10,13-15H,3,7-8,11-12,16H2,1-2H3. The maximum Gasteiger partial charge on any atom is 0.221 e. The van der Waals surface area contributed by atoms with Crippen LogP contribution in [0.4, 0.5) is 0 Å². The Labute approximate surface area is 166 Å². The summed E-state index contributed by atoms with van der Waals surface area (Å²) in [7, 11) is 0. The Hall–Kier alpha value is -2.88. The largest absolute Gasteiger partial charge is 0.472 e. The van der Waals surface area contributed by atoms with Gasteiger partial charge in [0.1, 0.15) is 12.4 Å². The van der Waals surface area contributed by atoms with Crippen LogP contribution in [0, 0.1) is 6.92 Å². The molecule has 0 saturated heterocycles. The number of oxazole rings is 1. The number of pyridine rings is 1. The molecular weight excluding hydrogens is 348 g/mol. The van der Waals surface area contributed by atoms with Crippen LogP contribution in [0.2, 0.25) is 0 Å². The molecule has 1 aliphatic rings. The van der Waals surface area contributed by atoms with Gasteiger partial charge in [0.2, 0.25) is 11.8 Å². The fraction of sp³-hybridized carbons (Fsp3) is 0.333. The SMILES string of the molecule is CCc1cc(C=Cc2nc3c(o2)CCCC3)c(OCc2ccccc2)nc1C. The highest BCUT2D eigenvalue weighted by Gasteiger charge is 2.16. The number of hydrogen-bond donors (Lipinski definition) is 0. The summed E-state index contributed by atoms with van der Waals surface area (Å²) in [6.45, 7) is 4.67. The van der Waals surface area contributed by atoms with Crippen molar-refractivity contribution in [1.82, 2.24) is 9.97 Å². The van der Waals surface area contributed by atoms with Crippen molar-refractivity contribution in [3.05, 3.63) is 76.1 Å². The molecule has 2 aromatic heterocycles. The van der Waals surface area contributed by atoms with E-state index in [0.29, 0.717) is 18.4 Å². The lowest BCUT2D eigenvalue weighted by Gasteiger charge is -2.12. The number of ether oxygens (including phenoxy) is 1. The van der Waals surface area contributed by atoms with E-state index in [-0.39, 0.29) is 0 Å². The Morgan fingerprint density at radius 3 is 2.68 bits per heavy atom. The minimum atomic E-state index is 0.493. The maximum absolute atomic E-state index is 6.06. The lowest BCUT2D eigenvalue weighted by atomic mass is 10.0. The number of fused-ring (bicyclic) bond motifs is 1. The summed E-state index contributed by atoms with van der Waals surface area (Å²) in [5, 5.41) is 0. The minimum Gasteiger partial charge on any atom is -0.472 e. The molecule has 144 valence electrons. The summed E-state index contributed by atoms with van der Waals surface area (Å²) >= 11 is 0. The van der Waals surface area contributed by atoms with Crippen LogP contribution in [0.15, 0.2) is 40.8 Å². The molecule has 0 saturated carbocycles. The van der Waals surface area contributed by atoms with E-state index in [9.17, 15) is 0 Å². The first-order chi connectivity index (χ1) is 13.7. The second-order valence-corrected chi connectivity index (χ2v) is 7.22. The second-order valence-electron chi connectivity index (χ2n) is 7.22. The van der Waals surface area contributed by atoms with Crippen molar-refractivity contribution in [3.8, 4) is 5.88 Å². The highest BCUT2D eigenvalue weighted by Crippen LogP contribution is 2.26. The summed E-state index contributed by atoms with van der Waals surface area (Å²) < 4.78 is 12.0. The summed E-state index contributed by atoms with van der Waals surface area (Å²) in [5.41, 5.74) is 5.42. The molecule has 1 aliphatic carbocycles. The van der Waals surface area contributed by atoms with E-state index in [4.69, 9.17) is 14.1 Å². The van der Waals surface area contributed by atoms with Gasteiger partial charge >= 0.3 is 0 Å². The molecule has 4 rings (SSSR count). The minimum absolute atomic E-state index is 0.493. The maximum atomic E-state index is 6.06. The Kier molecular flexibility index (Phi) is 5.56. The molecule has 0 bridgehead atoms. The van der Waals surface area contributed by atoms with Crippen molar-refractivity contribution in [2.45, 2.75) is 52.6 Å². The summed E-state index contributed by atoms with van der Waals surface area (Å²) in [5.74, 6) is 2.35. The first kappa shape index (κ1) is 18.5. The predicted molar refractivity (Wildman–Crippen MR) is 111 cm³/mol. The number of aromatic nitrogens is 2. The van der Waals surface area contributed by atoms with Gasteiger partial charge in [-0.1, -0.05) is 37.3 Å². The summed E-state index contributed by atoms with van der Waals surface area (Å²) in [4.78, 5) is 9.35. The molecule has 4 nitrogen and oxygen atoms in total. The van der Waals surface area contributed by atoms with E-state index in [1.165, 1.54) is 18.4 Å². The fourth-order valence-corrected chi connectivity index (χ4v) is 3.57. The first-order valence-corrected chi connectivity index (χ1v) is 10.1. The van der Waals surface area contributed by atoms with Gasteiger partial charge in [-0.15, -0.1) is 0 Å². The average molecular weight is 374 g/mol. The lowest BCUT2D eigenvalue weighted by molar-refractivity contribution is 0.292. The molecule has 0 amide bonds. The van der Waals surface area contributed by atoms with E-state index >= 15 is 0 Å². The highest BCUT2D eigenvalue weighted by atomic mass is 16.5.